The highest BCUT2D eigenvalue weighted by Gasteiger charge is 2.33. The maximum atomic E-state index is 9.71. The Morgan fingerprint density at radius 3 is 2.64 bits per heavy atom. The highest BCUT2D eigenvalue weighted by molar-refractivity contribution is 5.94. The van der Waals surface area contributed by atoms with Crippen LogP contribution < -0.4 is 4.90 Å². The van der Waals surface area contributed by atoms with E-state index >= 15 is 0 Å². The minimum atomic E-state index is 0.261. The van der Waals surface area contributed by atoms with Gasteiger partial charge in [0.05, 0.1) is 5.52 Å². The number of piperidine rings is 1. The second kappa shape index (κ2) is 8.36. The molecule has 152 valence electrons. The summed E-state index contributed by atoms with van der Waals surface area (Å²) in [7, 11) is 2.22. The van der Waals surface area contributed by atoms with Crippen molar-refractivity contribution in [2.24, 2.45) is 0 Å². The molecule has 5 nitrogen and oxygen atoms in total. The number of aryl methyl sites for hydroxylation is 2. The highest BCUT2D eigenvalue weighted by Crippen LogP contribution is 2.31. The van der Waals surface area contributed by atoms with Gasteiger partial charge in [-0.3, -0.25) is 9.88 Å². The van der Waals surface area contributed by atoms with Crippen molar-refractivity contribution < 1.29 is 5.11 Å². The summed E-state index contributed by atoms with van der Waals surface area (Å²) in [6.07, 6.45) is 5.29. The van der Waals surface area contributed by atoms with Gasteiger partial charge in [0.15, 0.2) is 0 Å². The standard InChI is InChI=1S/C23H34N4O/c1-17-14-18(2)23-21(15-17)22(4-8-24-23)26-11-12-27(20(16-26)7-13-28)19-5-9-25(3)10-6-19/h4,8,14-15,19-20,28H,5-7,9-13,16H2,1-3H3/t20-/m1/s1. The van der Waals surface area contributed by atoms with E-state index in [0.717, 1.165) is 31.6 Å². The van der Waals surface area contributed by atoms with Crippen molar-refractivity contribution in [3.63, 3.8) is 0 Å². The molecule has 0 spiro atoms. The van der Waals surface area contributed by atoms with E-state index in [1.54, 1.807) is 0 Å². The van der Waals surface area contributed by atoms with Crippen LogP contribution in [0.15, 0.2) is 24.4 Å². The molecule has 0 saturated carbocycles. The summed E-state index contributed by atoms with van der Waals surface area (Å²) < 4.78 is 0. The molecule has 0 unspecified atom stereocenters. The lowest BCUT2D eigenvalue weighted by Crippen LogP contribution is -2.58. The summed E-state index contributed by atoms with van der Waals surface area (Å²) >= 11 is 0. The molecule has 0 aliphatic carbocycles. The molecule has 3 heterocycles. The number of fused-ring (bicyclic) bond motifs is 1. The van der Waals surface area contributed by atoms with Crippen LogP contribution in [0.5, 0.6) is 0 Å². The first-order chi connectivity index (χ1) is 13.6. The molecule has 2 aromatic rings. The van der Waals surface area contributed by atoms with E-state index in [-0.39, 0.29) is 6.61 Å². The number of pyridine rings is 1. The summed E-state index contributed by atoms with van der Waals surface area (Å²) in [4.78, 5) is 12.3. The van der Waals surface area contributed by atoms with Gasteiger partial charge < -0.3 is 14.9 Å². The Kier molecular flexibility index (Phi) is 5.85. The Bertz CT molecular complexity index is 816. The number of hydrogen-bond donors (Lipinski definition) is 1. The Labute approximate surface area is 169 Å². The molecular formula is C23H34N4O. The summed E-state index contributed by atoms with van der Waals surface area (Å²) in [6, 6.07) is 7.73. The van der Waals surface area contributed by atoms with Crippen LogP contribution in [0.25, 0.3) is 10.9 Å². The molecule has 2 aliphatic heterocycles. The zero-order chi connectivity index (χ0) is 19.7. The van der Waals surface area contributed by atoms with Crippen LogP contribution in [0, 0.1) is 13.8 Å². The number of aliphatic hydroxyl groups is 1. The van der Waals surface area contributed by atoms with Crippen LogP contribution in [0.1, 0.15) is 30.4 Å². The molecule has 1 atom stereocenters. The number of benzene rings is 1. The molecular weight excluding hydrogens is 348 g/mol. The fourth-order valence-corrected chi connectivity index (χ4v) is 5.18. The molecule has 1 aromatic heterocycles. The van der Waals surface area contributed by atoms with E-state index in [1.165, 1.54) is 48.1 Å². The van der Waals surface area contributed by atoms with Crippen LogP contribution in [0.4, 0.5) is 5.69 Å². The lowest BCUT2D eigenvalue weighted by Gasteiger charge is -2.48. The van der Waals surface area contributed by atoms with Crippen molar-refractivity contribution in [2.45, 2.75) is 45.2 Å². The van der Waals surface area contributed by atoms with E-state index in [1.807, 2.05) is 6.20 Å². The fourth-order valence-electron chi connectivity index (χ4n) is 5.18. The predicted molar refractivity (Wildman–Crippen MR) is 116 cm³/mol. The number of hydrogen-bond acceptors (Lipinski definition) is 5. The second-order valence-electron chi connectivity index (χ2n) is 8.69. The van der Waals surface area contributed by atoms with Crippen LogP contribution >= 0.6 is 0 Å². The van der Waals surface area contributed by atoms with E-state index in [2.05, 4.69) is 58.8 Å². The van der Waals surface area contributed by atoms with Gasteiger partial charge in [-0.05, 0) is 70.9 Å². The van der Waals surface area contributed by atoms with E-state index in [4.69, 9.17) is 0 Å². The van der Waals surface area contributed by atoms with Crippen LogP contribution in [-0.4, -0.2) is 78.4 Å². The van der Waals surface area contributed by atoms with Crippen LogP contribution in [-0.2, 0) is 0 Å². The fraction of sp³-hybridized carbons (Fsp3) is 0.609. The average Bonchev–Trinajstić information content (AvgIpc) is 2.68. The number of aromatic nitrogens is 1. The van der Waals surface area contributed by atoms with E-state index in [0.29, 0.717) is 12.1 Å². The summed E-state index contributed by atoms with van der Waals surface area (Å²) in [5, 5.41) is 11.0. The van der Waals surface area contributed by atoms with Gasteiger partial charge >= 0.3 is 0 Å². The van der Waals surface area contributed by atoms with Gasteiger partial charge in [-0.1, -0.05) is 11.6 Å². The molecule has 0 radical (unpaired) electrons. The second-order valence-corrected chi connectivity index (χ2v) is 8.69. The SMILES string of the molecule is Cc1cc(C)c2nccc(N3CCN(C4CCN(C)CC4)[C@H](CCO)C3)c2c1. The molecule has 1 N–H and O–H groups in total. The van der Waals surface area contributed by atoms with Crippen molar-refractivity contribution in [3.05, 3.63) is 35.5 Å². The van der Waals surface area contributed by atoms with Crippen LogP contribution in [0.3, 0.4) is 0 Å². The third kappa shape index (κ3) is 3.88. The van der Waals surface area contributed by atoms with Crippen LogP contribution in [0.2, 0.25) is 0 Å². The number of nitrogens with zero attached hydrogens (tertiary/aromatic N) is 4. The van der Waals surface area contributed by atoms with Gasteiger partial charge in [-0.15, -0.1) is 0 Å². The number of rotatable bonds is 4. The minimum absolute atomic E-state index is 0.261. The minimum Gasteiger partial charge on any atom is -0.396 e. The van der Waals surface area contributed by atoms with Crippen molar-refractivity contribution in [1.29, 1.82) is 0 Å². The molecule has 5 heteroatoms. The van der Waals surface area contributed by atoms with Gasteiger partial charge in [0, 0.05) is 55.6 Å². The predicted octanol–water partition coefficient (Wildman–Crippen LogP) is 2.82. The van der Waals surface area contributed by atoms with E-state index in [9.17, 15) is 5.11 Å². The molecule has 0 amide bonds. The summed E-state index contributed by atoms with van der Waals surface area (Å²) in [5.74, 6) is 0. The zero-order valence-corrected chi connectivity index (χ0v) is 17.6. The number of piperazine rings is 1. The van der Waals surface area contributed by atoms with Crippen molar-refractivity contribution >= 4 is 16.6 Å². The van der Waals surface area contributed by atoms with Crippen molar-refractivity contribution in [1.82, 2.24) is 14.8 Å². The molecule has 4 rings (SSSR count). The van der Waals surface area contributed by atoms with E-state index < -0.39 is 0 Å². The molecule has 28 heavy (non-hydrogen) atoms. The lowest BCUT2D eigenvalue weighted by atomic mass is 9.97. The largest absolute Gasteiger partial charge is 0.396 e. The summed E-state index contributed by atoms with van der Waals surface area (Å²) in [6.45, 7) is 10.0. The smallest absolute Gasteiger partial charge is 0.0752 e. The number of anilines is 1. The molecule has 2 fully saturated rings. The normalized spacial score (nSPS) is 22.9. The van der Waals surface area contributed by atoms with Gasteiger partial charge in [0.2, 0.25) is 0 Å². The molecule has 1 aromatic carbocycles. The molecule has 2 saturated heterocycles. The third-order valence-electron chi connectivity index (χ3n) is 6.65. The monoisotopic (exact) mass is 382 g/mol. The lowest BCUT2D eigenvalue weighted by molar-refractivity contribution is 0.0599. The van der Waals surface area contributed by atoms with Crippen molar-refractivity contribution in [3.8, 4) is 0 Å². The van der Waals surface area contributed by atoms with Gasteiger partial charge in [0.1, 0.15) is 0 Å². The van der Waals surface area contributed by atoms with Crippen molar-refractivity contribution in [2.75, 3.05) is 51.3 Å². The summed E-state index contributed by atoms with van der Waals surface area (Å²) in [5.41, 5.74) is 4.94. The zero-order valence-electron chi connectivity index (χ0n) is 17.6. The average molecular weight is 383 g/mol. The topological polar surface area (TPSA) is 42.8 Å². The first-order valence-electron chi connectivity index (χ1n) is 10.7. The van der Waals surface area contributed by atoms with Gasteiger partial charge in [0.25, 0.3) is 0 Å². The first kappa shape index (κ1) is 19.6. The maximum absolute atomic E-state index is 9.71. The highest BCUT2D eigenvalue weighted by atomic mass is 16.3. The quantitative estimate of drug-likeness (QED) is 0.881. The number of aliphatic hydroxyl groups excluding tert-OH is 1. The third-order valence-corrected chi connectivity index (χ3v) is 6.65. The van der Waals surface area contributed by atoms with Gasteiger partial charge in [-0.25, -0.2) is 0 Å². The Hall–Kier alpha value is -1.69. The molecule has 0 bridgehead atoms. The first-order valence-corrected chi connectivity index (χ1v) is 10.7. The Morgan fingerprint density at radius 2 is 1.89 bits per heavy atom. The number of likely N-dealkylation sites (tertiary alicyclic amines) is 1. The molecule has 2 aliphatic rings. The Morgan fingerprint density at radius 1 is 1.11 bits per heavy atom. The van der Waals surface area contributed by atoms with Gasteiger partial charge in [-0.2, -0.15) is 0 Å². The maximum Gasteiger partial charge on any atom is 0.0752 e. The Balaban J connectivity index is 1.59.